The van der Waals surface area contributed by atoms with Gasteiger partial charge in [0.1, 0.15) is 5.03 Å². The Morgan fingerprint density at radius 2 is 1.55 bits per heavy atom. The van der Waals surface area contributed by atoms with Crippen LogP contribution in [0.2, 0.25) is 0 Å². The number of thiazole rings is 1. The Balaban J connectivity index is 1.55. The molecule has 5 nitrogen and oxygen atoms in total. The molecule has 6 aromatic rings. The monoisotopic (exact) mass is 411 g/mol. The van der Waals surface area contributed by atoms with Gasteiger partial charge in [0, 0.05) is 10.9 Å². The van der Waals surface area contributed by atoms with Gasteiger partial charge in [-0.1, -0.05) is 72.0 Å². The maximum atomic E-state index is 4.89. The molecule has 3 heterocycles. The molecule has 0 bridgehead atoms. The lowest BCUT2D eigenvalue weighted by Crippen LogP contribution is -1.95. The third-order valence-electron chi connectivity index (χ3n) is 4.70. The second-order valence-electron chi connectivity index (χ2n) is 6.51. The van der Waals surface area contributed by atoms with Gasteiger partial charge in [-0.2, -0.15) is 0 Å². The molecule has 0 spiro atoms. The average molecular weight is 412 g/mol. The molecule has 0 fully saturated rings. The van der Waals surface area contributed by atoms with Crippen LogP contribution in [0.5, 0.6) is 0 Å². The van der Waals surface area contributed by atoms with Gasteiger partial charge in [-0.3, -0.25) is 4.40 Å². The SMILES string of the molecule is c1ccc(-c2nc(Sc3nnc4sc5ccccc5n34)c3ccccc3n2)cc1. The van der Waals surface area contributed by atoms with Crippen molar-refractivity contribution in [1.82, 2.24) is 24.6 Å². The molecule has 7 heteroatoms. The van der Waals surface area contributed by atoms with Gasteiger partial charge in [-0.25, -0.2) is 9.97 Å². The normalized spacial score (nSPS) is 11.6. The number of hydrogen-bond donors (Lipinski definition) is 0. The molecule has 0 aliphatic carbocycles. The number of hydrogen-bond acceptors (Lipinski definition) is 6. The molecule has 138 valence electrons. The molecule has 3 aromatic carbocycles. The molecular formula is C22H13N5S2. The van der Waals surface area contributed by atoms with E-state index in [2.05, 4.69) is 32.8 Å². The van der Waals surface area contributed by atoms with Crippen LogP contribution in [0.15, 0.2) is 89.0 Å². The summed E-state index contributed by atoms with van der Waals surface area (Å²) in [7, 11) is 0. The minimum atomic E-state index is 0.711. The third kappa shape index (κ3) is 2.78. The Kier molecular flexibility index (Phi) is 3.82. The summed E-state index contributed by atoms with van der Waals surface area (Å²) in [5.41, 5.74) is 3.02. The Hall–Kier alpha value is -3.29. The molecule has 0 aliphatic heterocycles. The summed E-state index contributed by atoms with van der Waals surface area (Å²) in [6.07, 6.45) is 0. The van der Waals surface area contributed by atoms with E-state index in [9.17, 15) is 0 Å². The number of benzene rings is 3. The van der Waals surface area contributed by atoms with Crippen LogP contribution in [0.4, 0.5) is 0 Å². The first-order valence-corrected chi connectivity index (χ1v) is 10.7. The molecule has 0 aliphatic rings. The molecule has 0 N–H and O–H groups in total. The predicted molar refractivity (Wildman–Crippen MR) is 117 cm³/mol. The summed E-state index contributed by atoms with van der Waals surface area (Å²) in [5.74, 6) is 0.711. The molecular weight excluding hydrogens is 398 g/mol. The van der Waals surface area contributed by atoms with Crippen LogP contribution in [0.3, 0.4) is 0 Å². The van der Waals surface area contributed by atoms with Gasteiger partial charge in [0.15, 0.2) is 5.82 Å². The quantitative estimate of drug-likeness (QED) is 0.349. The third-order valence-corrected chi connectivity index (χ3v) is 6.66. The summed E-state index contributed by atoms with van der Waals surface area (Å²) in [6, 6.07) is 26.4. The van der Waals surface area contributed by atoms with Crippen molar-refractivity contribution >= 4 is 49.2 Å². The highest BCUT2D eigenvalue weighted by molar-refractivity contribution is 7.99. The fraction of sp³-hybridized carbons (Fsp3) is 0. The highest BCUT2D eigenvalue weighted by atomic mass is 32.2. The second kappa shape index (κ2) is 6.65. The number of aromatic nitrogens is 5. The van der Waals surface area contributed by atoms with E-state index in [1.165, 1.54) is 16.5 Å². The molecule has 0 saturated carbocycles. The van der Waals surface area contributed by atoms with E-state index in [4.69, 9.17) is 9.97 Å². The topological polar surface area (TPSA) is 56.0 Å². The van der Waals surface area contributed by atoms with Crippen molar-refractivity contribution in [2.45, 2.75) is 10.2 Å². The van der Waals surface area contributed by atoms with E-state index in [1.807, 2.05) is 60.7 Å². The molecule has 0 radical (unpaired) electrons. The minimum absolute atomic E-state index is 0.711. The van der Waals surface area contributed by atoms with Crippen LogP contribution in [-0.2, 0) is 0 Å². The van der Waals surface area contributed by atoms with Crippen molar-refractivity contribution in [1.29, 1.82) is 0 Å². The zero-order valence-electron chi connectivity index (χ0n) is 15.1. The molecule has 3 aromatic heterocycles. The Labute approximate surface area is 174 Å². The van der Waals surface area contributed by atoms with Crippen molar-refractivity contribution in [3.63, 3.8) is 0 Å². The van der Waals surface area contributed by atoms with Gasteiger partial charge >= 0.3 is 0 Å². The molecule has 0 saturated heterocycles. The summed E-state index contributed by atoms with van der Waals surface area (Å²) in [5, 5.41) is 11.5. The lowest BCUT2D eigenvalue weighted by Gasteiger charge is -2.08. The van der Waals surface area contributed by atoms with E-state index < -0.39 is 0 Å². The van der Waals surface area contributed by atoms with Gasteiger partial charge in [-0.05, 0) is 30.0 Å². The van der Waals surface area contributed by atoms with Crippen molar-refractivity contribution < 1.29 is 0 Å². The predicted octanol–water partition coefficient (Wildman–Crippen LogP) is 5.71. The van der Waals surface area contributed by atoms with Crippen molar-refractivity contribution in [2.75, 3.05) is 0 Å². The summed E-state index contributed by atoms with van der Waals surface area (Å²) >= 11 is 3.17. The largest absolute Gasteiger partial charge is 0.260 e. The van der Waals surface area contributed by atoms with E-state index >= 15 is 0 Å². The summed E-state index contributed by atoms with van der Waals surface area (Å²) in [4.78, 5) is 10.5. The van der Waals surface area contributed by atoms with Crippen molar-refractivity contribution in [3.8, 4) is 11.4 Å². The Morgan fingerprint density at radius 1 is 0.759 bits per heavy atom. The van der Waals surface area contributed by atoms with E-state index in [0.717, 1.165) is 37.1 Å². The fourth-order valence-corrected chi connectivity index (χ4v) is 5.32. The fourth-order valence-electron chi connectivity index (χ4n) is 3.35. The van der Waals surface area contributed by atoms with Crippen LogP contribution >= 0.6 is 23.1 Å². The number of para-hydroxylation sites is 2. The molecule has 6 rings (SSSR count). The minimum Gasteiger partial charge on any atom is -0.260 e. The molecule has 29 heavy (non-hydrogen) atoms. The average Bonchev–Trinajstić information content (AvgIpc) is 3.34. The zero-order valence-corrected chi connectivity index (χ0v) is 16.7. The highest BCUT2D eigenvalue weighted by Crippen LogP contribution is 2.35. The number of fused-ring (bicyclic) bond motifs is 4. The maximum absolute atomic E-state index is 4.89. The van der Waals surface area contributed by atoms with Gasteiger partial charge in [0.25, 0.3) is 0 Å². The maximum Gasteiger partial charge on any atom is 0.217 e. The first-order chi connectivity index (χ1) is 14.4. The lowest BCUT2D eigenvalue weighted by molar-refractivity contribution is 0.937. The van der Waals surface area contributed by atoms with Crippen LogP contribution in [0.25, 0.3) is 37.5 Å². The second-order valence-corrected chi connectivity index (χ2v) is 8.47. The molecule has 0 unspecified atom stereocenters. The molecule has 0 atom stereocenters. The van der Waals surface area contributed by atoms with Crippen molar-refractivity contribution in [3.05, 3.63) is 78.9 Å². The summed E-state index contributed by atoms with van der Waals surface area (Å²) in [6.45, 7) is 0. The van der Waals surface area contributed by atoms with E-state index in [-0.39, 0.29) is 0 Å². The number of nitrogens with zero attached hydrogens (tertiary/aromatic N) is 5. The van der Waals surface area contributed by atoms with Gasteiger partial charge < -0.3 is 0 Å². The van der Waals surface area contributed by atoms with Crippen LogP contribution < -0.4 is 0 Å². The van der Waals surface area contributed by atoms with Crippen LogP contribution in [0.1, 0.15) is 0 Å². The number of rotatable bonds is 3. The van der Waals surface area contributed by atoms with Crippen LogP contribution in [0, 0.1) is 0 Å². The highest BCUT2D eigenvalue weighted by Gasteiger charge is 2.17. The van der Waals surface area contributed by atoms with Gasteiger partial charge in [0.05, 0.1) is 15.7 Å². The Morgan fingerprint density at radius 3 is 2.48 bits per heavy atom. The molecule has 0 amide bonds. The summed E-state index contributed by atoms with van der Waals surface area (Å²) < 4.78 is 3.29. The van der Waals surface area contributed by atoms with Crippen LogP contribution in [-0.4, -0.2) is 24.6 Å². The lowest BCUT2D eigenvalue weighted by atomic mass is 10.2. The van der Waals surface area contributed by atoms with Gasteiger partial charge in [0.2, 0.25) is 10.1 Å². The van der Waals surface area contributed by atoms with E-state index in [1.54, 1.807) is 11.3 Å². The smallest absolute Gasteiger partial charge is 0.217 e. The Bertz CT molecular complexity index is 1490. The first-order valence-electron chi connectivity index (χ1n) is 9.09. The van der Waals surface area contributed by atoms with E-state index in [0.29, 0.717) is 5.82 Å². The standard InChI is InChI=1S/C22H13N5S2/c1-2-8-14(9-3-1)19-23-16-11-5-4-10-15(16)20(24-19)29-22-26-25-21-27(22)17-12-6-7-13-18(17)28-21/h1-13H. The van der Waals surface area contributed by atoms with Crippen molar-refractivity contribution in [2.24, 2.45) is 0 Å². The zero-order chi connectivity index (χ0) is 19.2. The van der Waals surface area contributed by atoms with Gasteiger partial charge in [-0.15, -0.1) is 10.2 Å². The first kappa shape index (κ1) is 16.6.